The van der Waals surface area contributed by atoms with Gasteiger partial charge in [-0.05, 0) is 77.1 Å². The molecule has 1 N–H and O–H groups in total. The number of aliphatic hydroxyl groups excluding tert-OH is 1. The number of likely N-dealkylation sites (tertiary alicyclic amines) is 1. The zero-order valence-electron chi connectivity index (χ0n) is 26.1. The molecule has 0 aliphatic carbocycles. The third-order valence-electron chi connectivity index (χ3n) is 9.51. The number of benzene rings is 1. The number of hydrogen-bond donors (Lipinski definition) is 1. The molecule has 9 heteroatoms. The maximum atomic E-state index is 14.8. The van der Waals surface area contributed by atoms with Crippen molar-refractivity contribution in [2.24, 2.45) is 11.8 Å². The second-order valence-corrected chi connectivity index (χ2v) is 14.0. The first-order valence-corrected chi connectivity index (χ1v) is 16.7. The quantitative estimate of drug-likeness (QED) is 0.147. The highest BCUT2D eigenvalue weighted by molar-refractivity contribution is 8.02. The lowest BCUT2D eigenvalue weighted by Gasteiger charge is -2.37. The van der Waals surface area contributed by atoms with Crippen molar-refractivity contribution in [3.8, 4) is 0 Å². The number of carbonyl (C=O) groups is 3. The summed E-state index contributed by atoms with van der Waals surface area (Å²) in [6, 6.07) is 7.33. The van der Waals surface area contributed by atoms with E-state index in [1.807, 2.05) is 24.3 Å². The minimum atomic E-state index is -0.698. The summed E-state index contributed by atoms with van der Waals surface area (Å²) in [6.45, 7) is 16.9. The molecule has 3 heterocycles. The van der Waals surface area contributed by atoms with Gasteiger partial charge < -0.3 is 24.5 Å². The van der Waals surface area contributed by atoms with Gasteiger partial charge in [0.1, 0.15) is 6.04 Å². The van der Waals surface area contributed by atoms with Crippen molar-refractivity contribution < 1.29 is 24.2 Å². The second-order valence-electron chi connectivity index (χ2n) is 12.1. The van der Waals surface area contributed by atoms with Crippen LogP contribution in [-0.2, 0) is 19.1 Å². The number of aliphatic hydroxyl groups is 1. The highest BCUT2D eigenvalue weighted by Crippen LogP contribution is 2.71. The molecule has 0 saturated carbocycles. The summed E-state index contributed by atoms with van der Waals surface area (Å²) in [5.41, 5.74) is 1.86. The minimum Gasteiger partial charge on any atom is -0.465 e. The van der Waals surface area contributed by atoms with Gasteiger partial charge in [0.15, 0.2) is 0 Å². The van der Waals surface area contributed by atoms with E-state index in [1.54, 1.807) is 33.7 Å². The fourth-order valence-corrected chi connectivity index (χ4v) is 9.75. The zero-order chi connectivity index (χ0) is 31.2. The normalized spacial score (nSPS) is 27.2. The number of rotatable bonds is 17. The van der Waals surface area contributed by atoms with Crippen LogP contribution in [0.1, 0.15) is 65.7 Å². The second kappa shape index (κ2) is 14.3. The molecular formula is C34H49N3O5S. The van der Waals surface area contributed by atoms with Crippen LogP contribution in [0.25, 0.3) is 0 Å². The highest BCUT2D eigenvalue weighted by atomic mass is 32.2. The first-order valence-electron chi connectivity index (χ1n) is 15.9. The predicted octanol–water partition coefficient (Wildman–Crippen LogP) is 5.21. The van der Waals surface area contributed by atoms with E-state index in [4.69, 9.17) is 4.74 Å². The number of nitrogens with zero attached hydrogens (tertiary/aromatic N) is 3. The maximum Gasteiger partial charge on any atom is 0.311 e. The summed E-state index contributed by atoms with van der Waals surface area (Å²) < 4.78 is 4.50. The molecule has 3 aliphatic heterocycles. The van der Waals surface area contributed by atoms with Gasteiger partial charge in [0.05, 0.1) is 23.2 Å². The van der Waals surface area contributed by atoms with Gasteiger partial charge in [0.25, 0.3) is 5.91 Å². The van der Waals surface area contributed by atoms with Gasteiger partial charge in [0.2, 0.25) is 5.91 Å². The molecule has 1 aromatic rings. The van der Waals surface area contributed by atoms with Crippen molar-refractivity contribution in [1.29, 1.82) is 0 Å². The molecule has 8 nitrogen and oxygen atoms in total. The lowest BCUT2D eigenvalue weighted by Crippen LogP contribution is -2.55. The van der Waals surface area contributed by atoms with E-state index in [9.17, 15) is 19.5 Å². The Kier molecular flexibility index (Phi) is 11.0. The SMILES string of the molecule is C=CCCOC(=O)[C@H]1[C@H]2C(=O)N(CCCCCCO)C(C(=O)N(CC=C)c3ccc(N(CC)CC)cc3)C23CC[C@]1(C)S3. The number of unbranched alkanes of at least 4 members (excludes halogenated alkanes) is 3. The van der Waals surface area contributed by atoms with Gasteiger partial charge in [-0.25, -0.2) is 0 Å². The zero-order valence-corrected chi connectivity index (χ0v) is 26.9. The molecule has 43 heavy (non-hydrogen) atoms. The van der Waals surface area contributed by atoms with Crippen LogP contribution >= 0.6 is 11.8 Å². The molecular weight excluding hydrogens is 562 g/mol. The average molecular weight is 612 g/mol. The molecule has 3 fully saturated rings. The Labute approximate surface area is 261 Å². The summed E-state index contributed by atoms with van der Waals surface area (Å²) in [7, 11) is 0. The lowest BCUT2D eigenvalue weighted by atomic mass is 9.66. The molecule has 1 spiro atoms. The lowest BCUT2D eigenvalue weighted by molar-refractivity contribution is -0.155. The molecule has 236 valence electrons. The third kappa shape index (κ3) is 6.25. The predicted molar refractivity (Wildman–Crippen MR) is 174 cm³/mol. The summed E-state index contributed by atoms with van der Waals surface area (Å²) >= 11 is 1.67. The average Bonchev–Trinajstić information content (AvgIpc) is 3.57. The standard InChI is InChI=1S/C34H49N3O5S/c1-6-10-24-42-32(41)28-27-30(39)37(22-13-11-12-14-23-38)29(34(27)20-19-33(28,5)43-34)31(40)36(21-7-2)26-17-15-25(16-18-26)35(8-3)9-4/h6-7,15-18,27-29,38H,1-2,8-14,19-24H2,3-5H3/t27-,28+,29?,33-,34?/m0/s1. The smallest absolute Gasteiger partial charge is 0.311 e. The number of carbonyl (C=O) groups excluding carboxylic acids is 3. The monoisotopic (exact) mass is 611 g/mol. The number of esters is 1. The van der Waals surface area contributed by atoms with Crippen LogP contribution in [0.5, 0.6) is 0 Å². The van der Waals surface area contributed by atoms with E-state index >= 15 is 0 Å². The number of thioether (sulfide) groups is 1. The van der Waals surface area contributed by atoms with Crippen molar-refractivity contribution in [1.82, 2.24) is 4.90 Å². The molecule has 2 amide bonds. The van der Waals surface area contributed by atoms with Crippen LogP contribution in [0, 0.1) is 11.8 Å². The maximum absolute atomic E-state index is 14.8. The first kappa shape index (κ1) is 33.1. The van der Waals surface area contributed by atoms with E-state index in [0.717, 1.165) is 50.1 Å². The van der Waals surface area contributed by atoms with Crippen molar-refractivity contribution in [3.63, 3.8) is 0 Å². The Morgan fingerprint density at radius 3 is 2.37 bits per heavy atom. The van der Waals surface area contributed by atoms with Crippen LogP contribution in [-0.4, -0.2) is 82.7 Å². The van der Waals surface area contributed by atoms with Gasteiger partial charge in [-0.15, -0.1) is 24.9 Å². The number of amides is 2. The van der Waals surface area contributed by atoms with Crippen molar-refractivity contribution in [2.75, 3.05) is 49.2 Å². The molecule has 1 aromatic carbocycles. The van der Waals surface area contributed by atoms with Crippen molar-refractivity contribution in [3.05, 3.63) is 49.6 Å². The Morgan fingerprint density at radius 2 is 1.74 bits per heavy atom. The molecule has 3 saturated heterocycles. The Morgan fingerprint density at radius 1 is 1.07 bits per heavy atom. The fourth-order valence-electron chi connectivity index (χ4n) is 7.41. The Hall–Kier alpha value is -2.78. The van der Waals surface area contributed by atoms with Gasteiger partial charge in [0, 0.05) is 48.9 Å². The van der Waals surface area contributed by atoms with Crippen molar-refractivity contribution in [2.45, 2.75) is 81.3 Å². The Balaban J connectivity index is 1.70. The van der Waals surface area contributed by atoms with Gasteiger partial charge in [-0.2, -0.15) is 0 Å². The molecule has 0 aromatic heterocycles. The summed E-state index contributed by atoms with van der Waals surface area (Å²) in [5, 5.41) is 9.21. The van der Waals surface area contributed by atoms with E-state index < -0.39 is 27.4 Å². The molecule has 3 aliphatic rings. The van der Waals surface area contributed by atoms with Crippen LogP contribution in [0.2, 0.25) is 0 Å². The minimum absolute atomic E-state index is 0.113. The number of anilines is 2. The van der Waals surface area contributed by atoms with Gasteiger partial charge in [-0.3, -0.25) is 14.4 Å². The first-order chi connectivity index (χ1) is 20.7. The Bertz CT molecular complexity index is 1170. The molecule has 2 bridgehead atoms. The van der Waals surface area contributed by atoms with Crippen LogP contribution in [0.4, 0.5) is 11.4 Å². The van der Waals surface area contributed by atoms with E-state index in [-0.39, 0.29) is 31.0 Å². The van der Waals surface area contributed by atoms with Gasteiger partial charge in [-0.1, -0.05) is 25.0 Å². The van der Waals surface area contributed by atoms with E-state index in [2.05, 4.69) is 38.8 Å². The molecule has 5 atom stereocenters. The van der Waals surface area contributed by atoms with E-state index in [1.165, 1.54) is 0 Å². The summed E-state index contributed by atoms with van der Waals surface area (Å²) in [6.07, 6.45) is 8.59. The topological polar surface area (TPSA) is 90.4 Å². The number of hydrogen-bond acceptors (Lipinski definition) is 7. The molecule has 4 rings (SSSR count). The molecule has 0 radical (unpaired) electrons. The van der Waals surface area contributed by atoms with Crippen molar-refractivity contribution >= 4 is 40.9 Å². The van der Waals surface area contributed by atoms with Crippen LogP contribution in [0.15, 0.2) is 49.6 Å². The van der Waals surface area contributed by atoms with Gasteiger partial charge >= 0.3 is 5.97 Å². The number of fused-ring (bicyclic) bond motifs is 1. The largest absolute Gasteiger partial charge is 0.465 e. The summed E-state index contributed by atoms with van der Waals surface area (Å²) in [4.78, 5) is 48.4. The number of ether oxygens (including phenoxy) is 1. The van der Waals surface area contributed by atoms with Crippen LogP contribution in [0.3, 0.4) is 0 Å². The van der Waals surface area contributed by atoms with Crippen LogP contribution < -0.4 is 9.80 Å². The fraction of sp³-hybridized carbons (Fsp3) is 0.618. The third-order valence-corrected chi connectivity index (χ3v) is 11.5. The van der Waals surface area contributed by atoms with E-state index in [0.29, 0.717) is 32.4 Å². The summed E-state index contributed by atoms with van der Waals surface area (Å²) in [5.74, 6) is -1.78. The highest BCUT2D eigenvalue weighted by Gasteiger charge is 2.77. The molecule has 2 unspecified atom stereocenters.